The smallest absolute Gasteiger partial charge is 0.174 e. The van der Waals surface area contributed by atoms with Gasteiger partial charge < -0.3 is 19.2 Å². The summed E-state index contributed by atoms with van der Waals surface area (Å²) in [6.07, 6.45) is 1.79. The number of nitrogens with one attached hydrogen (secondary N) is 1. The third-order valence-electron chi connectivity index (χ3n) is 5.88. The first-order chi connectivity index (χ1) is 17.6. The third-order valence-corrected chi connectivity index (χ3v) is 6.68. The van der Waals surface area contributed by atoms with Crippen molar-refractivity contribution in [2.75, 3.05) is 14.2 Å². The van der Waals surface area contributed by atoms with Crippen molar-refractivity contribution in [2.45, 2.75) is 6.61 Å². The second kappa shape index (κ2) is 10.3. The van der Waals surface area contributed by atoms with Gasteiger partial charge in [-0.2, -0.15) is 5.26 Å². The highest BCUT2D eigenvalue weighted by atomic mass is 127. The number of allylic oxidation sites excluding steroid dienone is 1. The molecule has 0 bridgehead atoms. The zero-order valence-corrected chi connectivity index (χ0v) is 21.9. The standard InChI is InChI=1S/C29H22IN3O3/c1-34-22-10-11-25-26(15-22)33-29(32-25)21(16-31)12-18-13-24(30)28(27(14-18)35-2)36-17-20-8-5-7-19-6-3-4-9-23(19)20/h3-15H,17H2,1-2H3,(H,32,33)/b21-12-. The largest absolute Gasteiger partial charge is 0.497 e. The number of fused-ring (bicyclic) bond motifs is 2. The Balaban J connectivity index is 1.45. The maximum atomic E-state index is 9.85. The van der Waals surface area contributed by atoms with E-state index in [4.69, 9.17) is 14.2 Å². The van der Waals surface area contributed by atoms with E-state index in [0.29, 0.717) is 29.5 Å². The van der Waals surface area contributed by atoms with Gasteiger partial charge in [-0.15, -0.1) is 0 Å². The normalized spacial score (nSPS) is 11.4. The number of hydrogen-bond acceptors (Lipinski definition) is 5. The Labute approximate surface area is 222 Å². The van der Waals surface area contributed by atoms with Crippen LogP contribution in [0.3, 0.4) is 0 Å². The van der Waals surface area contributed by atoms with Crippen molar-refractivity contribution in [3.05, 3.63) is 93.3 Å². The Morgan fingerprint density at radius 3 is 2.67 bits per heavy atom. The maximum Gasteiger partial charge on any atom is 0.174 e. The molecule has 0 aliphatic heterocycles. The van der Waals surface area contributed by atoms with E-state index in [1.807, 2.05) is 48.5 Å². The fourth-order valence-corrected chi connectivity index (χ4v) is 4.88. The second-order valence-electron chi connectivity index (χ2n) is 8.10. The van der Waals surface area contributed by atoms with E-state index < -0.39 is 0 Å². The molecule has 5 aromatic rings. The van der Waals surface area contributed by atoms with Gasteiger partial charge in [0.05, 0.1) is 34.4 Å². The number of H-pyrrole nitrogens is 1. The highest BCUT2D eigenvalue weighted by Crippen LogP contribution is 2.36. The van der Waals surface area contributed by atoms with E-state index in [1.165, 1.54) is 5.39 Å². The van der Waals surface area contributed by atoms with Crippen LogP contribution in [-0.4, -0.2) is 24.2 Å². The average molecular weight is 587 g/mol. The minimum Gasteiger partial charge on any atom is -0.497 e. The van der Waals surface area contributed by atoms with Crippen molar-refractivity contribution in [3.8, 4) is 23.3 Å². The number of aromatic amines is 1. The monoisotopic (exact) mass is 587 g/mol. The van der Waals surface area contributed by atoms with Gasteiger partial charge in [0.25, 0.3) is 0 Å². The van der Waals surface area contributed by atoms with Crippen molar-refractivity contribution in [2.24, 2.45) is 0 Å². The van der Waals surface area contributed by atoms with Gasteiger partial charge in [0.2, 0.25) is 0 Å². The van der Waals surface area contributed by atoms with Crippen LogP contribution in [0.15, 0.2) is 72.8 Å². The average Bonchev–Trinajstić information content (AvgIpc) is 3.34. The third kappa shape index (κ3) is 4.72. The minimum atomic E-state index is 0.410. The van der Waals surface area contributed by atoms with Crippen LogP contribution < -0.4 is 14.2 Å². The van der Waals surface area contributed by atoms with Crippen molar-refractivity contribution in [1.82, 2.24) is 9.97 Å². The van der Waals surface area contributed by atoms with Crippen LogP contribution in [0, 0.1) is 14.9 Å². The molecule has 0 saturated heterocycles. The van der Waals surface area contributed by atoms with Gasteiger partial charge in [-0.3, -0.25) is 0 Å². The minimum absolute atomic E-state index is 0.410. The number of hydrogen-bond donors (Lipinski definition) is 1. The molecule has 4 aromatic carbocycles. The summed E-state index contributed by atoms with van der Waals surface area (Å²) in [7, 11) is 3.23. The van der Waals surface area contributed by atoms with Crippen molar-refractivity contribution in [1.29, 1.82) is 5.26 Å². The number of methoxy groups -OCH3 is 2. The van der Waals surface area contributed by atoms with E-state index in [-0.39, 0.29) is 0 Å². The van der Waals surface area contributed by atoms with Crippen molar-refractivity contribution < 1.29 is 14.2 Å². The first-order valence-electron chi connectivity index (χ1n) is 11.2. The Hall–Kier alpha value is -4.03. The molecule has 1 N–H and O–H groups in total. The Morgan fingerprint density at radius 1 is 1.03 bits per heavy atom. The zero-order valence-electron chi connectivity index (χ0n) is 19.7. The molecule has 0 amide bonds. The summed E-state index contributed by atoms with van der Waals surface area (Å²) < 4.78 is 18.1. The first-order valence-corrected chi connectivity index (χ1v) is 12.3. The summed E-state index contributed by atoms with van der Waals surface area (Å²) in [6, 6.07) is 26.1. The molecule has 0 aliphatic rings. The van der Waals surface area contributed by atoms with E-state index in [0.717, 1.165) is 36.9 Å². The summed E-state index contributed by atoms with van der Waals surface area (Å²) in [6.45, 7) is 0.412. The van der Waals surface area contributed by atoms with Gasteiger partial charge in [0, 0.05) is 6.07 Å². The maximum absolute atomic E-state index is 9.85. The predicted octanol–water partition coefficient (Wildman–Crippen LogP) is 6.98. The number of nitrogens with zero attached hydrogens (tertiary/aromatic N) is 2. The molecule has 7 heteroatoms. The lowest BCUT2D eigenvalue weighted by molar-refractivity contribution is 0.283. The van der Waals surface area contributed by atoms with E-state index in [9.17, 15) is 5.26 Å². The molecule has 1 heterocycles. The Kier molecular flexibility index (Phi) is 6.78. The number of ether oxygens (including phenoxy) is 3. The van der Waals surface area contributed by atoms with Crippen LogP contribution in [0.1, 0.15) is 17.0 Å². The van der Waals surface area contributed by atoms with Gasteiger partial charge in [-0.1, -0.05) is 42.5 Å². The summed E-state index contributed by atoms with van der Waals surface area (Å²) in [4.78, 5) is 7.78. The van der Waals surface area contributed by atoms with Gasteiger partial charge in [0.15, 0.2) is 11.5 Å². The van der Waals surface area contributed by atoms with Gasteiger partial charge >= 0.3 is 0 Å². The molecule has 0 radical (unpaired) electrons. The summed E-state index contributed by atoms with van der Waals surface area (Å²) in [5.41, 5.74) is 3.88. The second-order valence-corrected chi connectivity index (χ2v) is 9.26. The van der Waals surface area contributed by atoms with Crippen LogP contribution in [0.25, 0.3) is 33.5 Å². The Bertz CT molecular complexity index is 1640. The topological polar surface area (TPSA) is 80.2 Å². The predicted molar refractivity (Wildman–Crippen MR) is 150 cm³/mol. The van der Waals surface area contributed by atoms with Crippen LogP contribution in [0.5, 0.6) is 17.2 Å². The molecule has 0 atom stereocenters. The highest BCUT2D eigenvalue weighted by molar-refractivity contribution is 14.1. The van der Waals surface area contributed by atoms with Crippen LogP contribution in [-0.2, 0) is 6.61 Å². The van der Waals surface area contributed by atoms with Crippen molar-refractivity contribution >= 4 is 56.0 Å². The molecule has 0 fully saturated rings. The quantitative estimate of drug-likeness (QED) is 0.164. The lowest BCUT2D eigenvalue weighted by atomic mass is 10.1. The lowest BCUT2D eigenvalue weighted by Gasteiger charge is -2.15. The number of imidazole rings is 1. The number of halogens is 1. The van der Waals surface area contributed by atoms with E-state index >= 15 is 0 Å². The molecule has 36 heavy (non-hydrogen) atoms. The van der Waals surface area contributed by atoms with Crippen LogP contribution in [0.2, 0.25) is 0 Å². The van der Waals surface area contributed by atoms with Gasteiger partial charge in [0.1, 0.15) is 24.3 Å². The molecule has 5 rings (SSSR count). The van der Waals surface area contributed by atoms with Crippen LogP contribution >= 0.6 is 22.6 Å². The van der Waals surface area contributed by atoms with Crippen LogP contribution in [0.4, 0.5) is 0 Å². The van der Waals surface area contributed by atoms with Gasteiger partial charge in [-0.05, 0) is 74.8 Å². The molecular formula is C29H22IN3O3. The molecule has 178 valence electrons. The SMILES string of the molecule is COc1ccc2nc(/C(C#N)=C\c3cc(I)c(OCc4cccc5ccccc45)c(OC)c3)[nH]c2c1. The number of benzene rings is 4. The fourth-order valence-electron chi connectivity index (χ4n) is 4.09. The lowest BCUT2D eigenvalue weighted by Crippen LogP contribution is -2.01. The molecule has 0 aliphatic carbocycles. The van der Waals surface area contributed by atoms with Crippen molar-refractivity contribution in [3.63, 3.8) is 0 Å². The van der Waals surface area contributed by atoms with E-state index in [1.54, 1.807) is 20.3 Å². The fraction of sp³-hybridized carbons (Fsp3) is 0.103. The summed E-state index contributed by atoms with van der Waals surface area (Å²) >= 11 is 2.23. The number of aromatic nitrogens is 2. The summed E-state index contributed by atoms with van der Waals surface area (Å²) in [5, 5.41) is 12.2. The number of nitriles is 1. The van der Waals surface area contributed by atoms with E-state index in [2.05, 4.69) is 62.9 Å². The number of rotatable bonds is 7. The molecule has 0 unspecified atom stereocenters. The zero-order chi connectivity index (χ0) is 25.1. The molecule has 0 spiro atoms. The molecular weight excluding hydrogens is 565 g/mol. The highest BCUT2D eigenvalue weighted by Gasteiger charge is 2.14. The molecule has 6 nitrogen and oxygen atoms in total. The molecule has 1 aromatic heterocycles. The molecule has 0 saturated carbocycles. The Morgan fingerprint density at radius 2 is 1.86 bits per heavy atom. The van der Waals surface area contributed by atoms with Gasteiger partial charge in [-0.25, -0.2) is 4.98 Å². The summed E-state index contributed by atoms with van der Waals surface area (Å²) in [5.74, 6) is 2.47. The first kappa shape index (κ1) is 23.7.